The van der Waals surface area contributed by atoms with Gasteiger partial charge >= 0.3 is 11.9 Å². The number of carboxylic acid groups (broad SMARTS) is 2. The van der Waals surface area contributed by atoms with Gasteiger partial charge in [0.15, 0.2) is 0 Å². The molecule has 5 rings (SSSR count). The third-order valence-electron chi connectivity index (χ3n) is 8.65. The molecule has 1 aromatic carbocycles. The number of phenols is 1. The first-order chi connectivity index (χ1) is 18.6. The van der Waals surface area contributed by atoms with Crippen LogP contribution >= 0.6 is 0 Å². The van der Waals surface area contributed by atoms with Gasteiger partial charge in [-0.1, -0.05) is 29.8 Å². The summed E-state index contributed by atoms with van der Waals surface area (Å²) in [6.07, 6.45) is 2.21. The van der Waals surface area contributed by atoms with E-state index in [0.717, 1.165) is 15.4 Å². The smallest absolute Gasteiger partial charge is 0.303 e. The summed E-state index contributed by atoms with van der Waals surface area (Å²) in [5, 5.41) is 28.8. The third kappa shape index (κ3) is 4.49. The fourth-order valence-corrected chi connectivity index (χ4v) is 7.04. The van der Waals surface area contributed by atoms with Crippen molar-refractivity contribution in [3.8, 4) is 5.75 Å². The summed E-state index contributed by atoms with van der Waals surface area (Å²) in [6.45, 7) is -0.0300. The summed E-state index contributed by atoms with van der Waals surface area (Å²) in [7, 11) is 0. The number of likely N-dealkylation sites (tertiary alicyclic amines) is 2. The monoisotopic (exact) mass is 538 g/mol. The molecule has 1 saturated carbocycles. The number of hydrogen-bond donors (Lipinski definition) is 3. The minimum absolute atomic E-state index is 0.00273. The van der Waals surface area contributed by atoms with Gasteiger partial charge < -0.3 is 15.3 Å². The topological polar surface area (TPSA) is 170 Å². The third-order valence-corrected chi connectivity index (χ3v) is 8.65. The van der Waals surface area contributed by atoms with Crippen LogP contribution in [0.3, 0.4) is 0 Å². The van der Waals surface area contributed by atoms with E-state index in [0.29, 0.717) is 5.56 Å². The van der Waals surface area contributed by atoms with E-state index < -0.39 is 65.2 Å². The van der Waals surface area contributed by atoms with Gasteiger partial charge in [0.2, 0.25) is 23.6 Å². The first-order valence-corrected chi connectivity index (χ1v) is 13.2. The van der Waals surface area contributed by atoms with Crippen molar-refractivity contribution in [1.82, 2.24) is 9.80 Å². The van der Waals surface area contributed by atoms with Crippen molar-refractivity contribution in [2.24, 2.45) is 29.6 Å². The molecule has 4 aliphatic rings. The zero-order chi connectivity index (χ0) is 28.0. The Labute approximate surface area is 224 Å². The number of rotatable bonds is 9. The van der Waals surface area contributed by atoms with Gasteiger partial charge in [-0.3, -0.25) is 38.6 Å². The molecule has 1 aromatic rings. The average molecular weight is 539 g/mol. The molecule has 11 nitrogen and oxygen atoms in total. The summed E-state index contributed by atoms with van der Waals surface area (Å²) in [4.78, 5) is 78.1. The largest absolute Gasteiger partial charge is 0.508 e. The maximum Gasteiger partial charge on any atom is 0.303 e. The van der Waals surface area contributed by atoms with Crippen LogP contribution in [-0.2, 0) is 28.8 Å². The number of carboxylic acids is 2. The van der Waals surface area contributed by atoms with Crippen molar-refractivity contribution in [3.05, 3.63) is 41.5 Å². The number of phenolic OH excluding ortho intramolecular Hbond substituents is 1. The molecule has 4 amide bonds. The van der Waals surface area contributed by atoms with Crippen molar-refractivity contribution >= 4 is 35.6 Å². The van der Waals surface area contributed by atoms with Gasteiger partial charge in [0.05, 0.1) is 23.7 Å². The Hall–Kier alpha value is -4.02. The van der Waals surface area contributed by atoms with Crippen LogP contribution in [0, 0.1) is 29.6 Å². The van der Waals surface area contributed by atoms with Crippen LogP contribution in [0.4, 0.5) is 0 Å². The molecule has 39 heavy (non-hydrogen) atoms. The molecule has 0 radical (unpaired) electrons. The van der Waals surface area contributed by atoms with E-state index in [1.54, 1.807) is 18.2 Å². The van der Waals surface area contributed by atoms with Gasteiger partial charge in [-0.2, -0.15) is 0 Å². The van der Waals surface area contributed by atoms with Crippen molar-refractivity contribution in [1.29, 1.82) is 0 Å². The second-order valence-electron chi connectivity index (χ2n) is 10.7. The lowest BCUT2D eigenvalue weighted by molar-refractivity contribution is -0.143. The Bertz CT molecular complexity index is 1290. The second-order valence-corrected chi connectivity index (χ2v) is 10.7. The maximum absolute atomic E-state index is 13.6. The predicted octanol–water partition coefficient (Wildman–Crippen LogP) is 1.76. The number of para-hydroxylation sites is 1. The second kappa shape index (κ2) is 10.3. The van der Waals surface area contributed by atoms with Crippen LogP contribution in [0.15, 0.2) is 35.9 Å². The van der Waals surface area contributed by atoms with Crippen LogP contribution in [0.1, 0.15) is 50.0 Å². The minimum atomic E-state index is -1.03. The number of hydrogen-bond acceptors (Lipinski definition) is 7. The highest BCUT2D eigenvalue weighted by molar-refractivity contribution is 6.08. The summed E-state index contributed by atoms with van der Waals surface area (Å²) in [5.74, 6) is -7.82. The maximum atomic E-state index is 13.6. The van der Waals surface area contributed by atoms with Crippen molar-refractivity contribution < 1.29 is 44.1 Å². The molecule has 3 N–H and O–H groups in total. The van der Waals surface area contributed by atoms with Gasteiger partial charge in [0.25, 0.3) is 0 Å². The van der Waals surface area contributed by atoms with E-state index in [-0.39, 0.29) is 63.3 Å². The van der Waals surface area contributed by atoms with Crippen LogP contribution < -0.4 is 0 Å². The van der Waals surface area contributed by atoms with Gasteiger partial charge in [0.1, 0.15) is 5.75 Å². The number of amides is 4. The molecule has 2 saturated heterocycles. The highest BCUT2D eigenvalue weighted by Crippen LogP contribution is 2.58. The highest BCUT2D eigenvalue weighted by atomic mass is 16.4. The number of carbonyl (C=O) groups excluding carboxylic acids is 4. The molecule has 6 unspecified atom stereocenters. The minimum Gasteiger partial charge on any atom is -0.508 e. The summed E-state index contributed by atoms with van der Waals surface area (Å²) >= 11 is 0. The van der Waals surface area contributed by atoms with Crippen molar-refractivity contribution in [2.45, 2.75) is 44.4 Å². The number of fused-ring (bicyclic) bond motifs is 4. The fourth-order valence-electron chi connectivity index (χ4n) is 7.04. The molecule has 2 aliphatic heterocycles. The molecule has 0 aromatic heterocycles. The molecular formula is C28H30N2O9. The summed E-state index contributed by atoms with van der Waals surface area (Å²) in [6, 6.07) is 6.56. The zero-order valence-corrected chi connectivity index (χ0v) is 21.2. The Balaban J connectivity index is 1.50. The van der Waals surface area contributed by atoms with E-state index in [2.05, 4.69) is 0 Å². The van der Waals surface area contributed by atoms with Gasteiger partial charge in [-0.05, 0) is 37.7 Å². The van der Waals surface area contributed by atoms with Gasteiger partial charge in [0, 0.05) is 37.4 Å². The fraction of sp³-hybridized carbons (Fsp3) is 0.500. The van der Waals surface area contributed by atoms with E-state index in [1.807, 2.05) is 6.08 Å². The SMILES string of the molecule is O=C(O)CCCN1C(=O)C2CC=C3C(CC4C(=O)N(CCCC(=O)O)C(=O)C4C3c3ccccc3O)C2C1=O. The normalized spacial score (nSPS) is 29.7. The Kier molecular flexibility index (Phi) is 7.00. The molecule has 2 aliphatic carbocycles. The molecule has 0 spiro atoms. The molecule has 2 heterocycles. The molecule has 3 fully saturated rings. The molecule has 0 bridgehead atoms. The molecule has 11 heteroatoms. The number of nitrogens with zero attached hydrogens (tertiary/aromatic N) is 2. The number of aromatic hydroxyl groups is 1. The van der Waals surface area contributed by atoms with E-state index >= 15 is 0 Å². The lowest BCUT2D eigenvalue weighted by Crippen LogP contribution is -2.43. The quantitative estimate of drug-likeness (QED) is 0.313. The number of aliphatic carboxylic acids is 2. The van der Waals surface area contributed by atoms with Crippen molar-refractivity contribution in [3.63, 3.8) is 0 Å². The lowest BCUT2D eigenvalue weighted by Gasteiger charge is -2.44. The van der Waals surface area contributed by atoms with E-state index in [4.69, 9.17) is 10.2 Å². The molecular weight excluding hydrogens is 508 g/mol. The van der Waals surface area contributed by atoms with Crippen LogP contribution in [0.25, 0.3) is 0 Å². The molecule has 206 valence electrons. The predicted molar refractivity (Wildman–Crippen MR) is 133 cm³/mol. The van der Waals surface area contributed by atoms with Gasteiger partial charge in [-0.15, -0.1) is 0 Å². The van der Waals surface area contributed by atoms with Crippen LogP contribution in [0.5, 0.6) is 5.75 Å². The number of carbonyl (C=O) groups is 6. The standard InChI is InChI=1S/C28H30N2O9/c31-19-6-2-1-5-15(19)22-14-9-10-16-23(27(38)29(25(16)36)11-3-7-20(32)33)17(14)13-18-24(22)28(39)30(26(18)37)12-4-8-21(34)35/h1-2,5-6,9,16-18,22-24,31H,3-4,7-8,10-13H2,(H,32,33)(H,34,35). The van der Waals surface area contributed by atoms with E-state index in [1.165, 1.54) is 6.07 Å². The molecule has 6 atom stereocenters. The first kappa shape index (κ1) is 26.6. The summed E-state index contributed by atoms with van der Waals surface area (Å²) < 4.78 is 0. The Morgan fingerprint density at radius 1 is 0.769 bits per heavy atom. The Morgan fingerprint density at radius 2 is 1.33 bits per heavy atom. The summed E-state index contributed by atoms with van der Waals surface area (Å²) in [5.41, 5.74) is 1.21. The highest BCUT2D eigenvalue weighted by Gasteiger charge is 2.61. The van der Waals surface area contributed by atoms with Gasteiger partial charge in [-0.25, -0.2) is 0 Å². The van der Waals surface area contributed by atoms with Crippen molar-refractivity contribution in [2.75, 3.05) is 13.1 Å². The number of imide groups is 2. The first-order valence-electron chi connectivity index (χ1n) is 13.2. The Morgan fingerprint density at radius 3 is 1.92 bits per heavy atom. The van der Waals surface area contributed by atoms with Crippen LogP contribution in [0.2, 0.25) is 0 Å². The number of allylic oxidation sites excluding steroid dienone is 2. The zero-order valence-electron chi connectivity index (χ0n) is 21.2. The lowest BCUT2D eigenvalue weighted by atomic mass is 9.57. The van der Waals surface area contributed by atoms with Crippen LogP contribution in [-0.4, -0.2) is 73.8 Å². The average Bonchev–Trinajstić information content (AvgIpc) is 3.27. The van der Waals surface area contributed by atoms with E-state index in [9.17, 15) is 33.9 Å². The number of benzene rings is 1.